The molecule has 0 bridgehead atoms. The van der Waals surface area contributed by atoms with E-state index < -0.39 is 29.4 Å². The van der Waals surface area contributed by atoms with E-state index in [1.807, 2.05) is 0 Å². The highest BCUT2D eigenvalue weighted by molar-refractivity contribution is 6.22. The van der Waals surface area contributed by atoms with Crippen LogP contribution in [-0.2, 0) is 9.53 Å². The van der Waals surface area contributed by atoms with Crippen molar-refractivity contribution in [3.05, 3.63) is 35.4 Å². The molecule has 0 saturated carbocycles. The lowest BCUT2D eigenvalue weighted by atomic mass is 10.1. The van der Waals surface area contributed by atoms with Crippen LogP contribution >= 0.6 is 0 Å². The Morgan fingerprint density at radius 1 is 1.12 bits per heavy atom. The van der Waals surface area contributed by atoms with Gasteiger partial charge in [-0.05, 0) is 52.2 Å². The van der Waals surface area contributed by atoms with Crippen LogP contribution in [0.3, 0.4) is 0 Å². The monoisotopic (exact) mass is 333 g/mol. The van der Waals surface area contributed by atoms with E-state index in [0.29, 0.717) is 24.0 Å². The van der Waals surface area contributed by atoms with E-state index in [1.54, 1.807) is 45.0 Å². The number of imide groups is 1. The van der Waals surface area contributed by atoms with Crippen molar-refractivity contribution in [2.75, 3.05) is 6.61 Å². The van der Waals surface area contributed by atoms with Gasteiger partial charge in [0.1, 0.15) is 11.6 Å². The van der Waals surface area contributed by atoms with E-state index in [4.69, 9.17) is 9.84 Å². The van der Waals surface area contributed by atoms with Crippen molar-refractivity contribution in [1.29, 1.82) is 0 Å². The maximum Gasteiger partial charge on any atom is 0.329 e. The molecule has 24 heavy (non-hydrogen) atoms. The number of fused-ring (bicyclic) bond motifs is 1. The smallest absolute Gasteiger partial charge is 0.329 e. The minimum Gasteiger partial charge on any atom is -0.458 e. The minimum atomic E-state index is -0.983. The molecule has 0 radical (unpaired) electrons. The molecular weight excluding hydrogens is 310 g/mol. The average Bonchev–Trinajstić information content (AvgIpc) is 2.75. The largest absolute Gasteiger partial charge is 0.458 e. The Bertz CT molecular complexity index is 612. The Morgan fingerprint density at radius 2 is 1.67 bits per heavy atom. The van der Waals surface area contributed by atoms with Crippen LogP contribution in [0.2, 0.25) is 0 Å². The quantitative estimate of drug-likeness (QED) is 0.490. The van der Waals surface area contributed by atoms with Crippen LogP contribution in [0.1, 0.15) is 60.7 Å². The van der Waals surface area contributed by atoms with Crippen LogP contribution in [0.5, 0.6) is 0 Å². The van der Waals surface area contributed by atoms with Gasteiger partial charge in [0.25, 0.3) is 11.8 Å². The summed E-state index contributed by atoms with van der Waals surface area (Å²) in [6, 6.07) is 5.54. The number of aliphatic hydroxyl groups excluding tert-OH is 1. The molecule has 1 aromatic rings. The van der Waals surface area contributed by atoms with Gasteiger partial charge in [-0.2, -0.15) is 0 Å². The van der Waals surface area contributed by atoms with Gasteiger partial charge >= 0.3 is 5.97 Å². The van der Waals surface area contributed by atoms with Gasteiger partial charge in [0.15, 0.2) is 0 Å². The highest BCUT2D eigenvalue weighted by Gasteiger charge is 2.43. The molecule has 6 heteroatoms. The molecule has 0 aromatic heterocycles. The summed E-state index contributed by atoms with van der Waals surface area (Å²) in [5.41, 5.74) is -0.109. The van der Waals surface area contributed by atoms with E-state index in [-0.39, 0.29) is 13.0 Å². The maximum atomic E-state index is 12.6. The van der Waals surface area contributed by atoms with Gasteiger partial charge in [-0.3, -0.25) is 14.5 Å². The number of ether oxygens (including phenoxy) is 1. The second-order valence-corrected chi connectivity index (χ2v) is 6.79. The number of amides is 2. The average molecular weight is 333 g/mol. The summed E-state index contributed by atoms with van der Waals surface area (Å²) in [7, 11) is 0. The number of carbonyl (C=O) groups excluding carboxylic acids is 3. The molecule has 1 aliphatic rings. The lowest BCUT2D eigenvalue weighted by molar-refractivity contribution is -0.160. The van der Waals surface area contributed by atoms with Gasteiger partial charge in [-0.25, -0.2) is 4.79 Å². The molecule has 130 valence electrons. The zero-order valence-corrected chi connectivity index (χ0v) is 14.2. The van der Waals surface area contributed by atoms with Crippen molar-refractivity contribution in [2.24, 2.45) is 0 Å². The second kappa shape index (κ2) is 7.13. The van der Waals surface area contributed by atoms with Crippen molar-refractivity contribution < 1.29 is 24.2 Å². The second-order valence-electron chi connectivity index (χ2n) is 6.79. The van der Waals surface area contributed by atoms with E-state index in [0.717, 1.165) is 4.90 Å². The zero-order valence-electron chi connectivity index (χ0n) is 14.2. The van der Waals surface area contributed by atoms with Gasteiger partial charge in [-0.15, -0.1) is 0 Å². The number of hydrogen-bond acceptors (Lipinski definition) is 5. The molecule has 0 aliphatic carbocycles. The number of unbranched alkanes of at least 4 members (excludes halogenated alkanes) is 1. The van der Waals surface area contributed by atoms with Crippen LogP contribution in [0, 0.1) is 0 Å². The third-order valence-electron chi connectivity index (χ3n) is 3.70. The minimum absolute atomic E-state index is 0.0108. The SMILES string of the molecule is CC(C)(C)OC(=O)[C@H](CCCCO)N1C(=O)c2ccccc2C1=O. The van der Waals surface area contributed by atoms with Gasteiger partial charge in [-0.1, -0.05) is 12.1 Å². The van der Waals surface area contributed by atoms with E-state index in [1.165, 1.54) is 0 Å². The molecular formula is C18H23NO5. The third kappa shape index (κ3) is 3.82. The Labute approximate surface area is 141 Å². The van der Waals surface area contributed by atoms with Crippen molar-refractivity contribution >= 4 is 17.8 Å². The normalized spacial score (nSPS) is 15.4. The van der Waals surface area contributed by atoms with Crippen LogP contribution in [0.4, 0.5) is 0 Å². The zero-order chi connectivity index (χ0) is 17.9. The Morgan fingerprint density at radius 3 is 2.12 bits per heavy atom. The molecule has 0 spiro atoms. The summed E-state index contributed by atoms with van der Waals surface area (Å²) in [6.45, 7) is 5.19. The molecule has 0 saturated heterocycles. The Hall–Kier alpha value is -2.21. The number of rotatable bonds is 6. The fraction of sp³-hybridized carbons (Fsp3) is 0.500. The molecule has 2 rings (SSSR count). The lowest BCUT2D eigenvalue weighted by Gasteiger charge is -2.28. The number of carbonyl (C=O) groups is 3. The van der Waals surface area contributed by atoms with E-state index in [2.05, 4.69) is 0 Å². The molecule has 2 amide bonds. The predicted octanol–water partition coefficient (Wildman–Crippen LogP) is 2.16. The highest BCUT2D eigenvalue weighted by Crippen LogP contribution is 2.27. The van der Waals surface area contributed by atoms with Crippen molar-refractivity contribution in [2.45, 2.75) is 51.7 Å². The first-order chi connectivity index (χ1) is 11.3. The standard InChI is InChI=1S/C18H23NO5/c1-18(2,3)24-17(23)14(10-6-7-11-20)19-15(21)12-8-4-5-9-13(12)16(19)22/h4-5,8-9,14,20H,6-7,10-11H2,1-3H3/t14-/m0/s1. The maximum absolute atomic E-state index is 12.6. The first kappa shape index (κ1) is 18.1. The van der Waals surface area contributed by atoms with Gasteiger partial charge in [0, 0.05) is 6.61 Å². The summed E-state index contributed by atoms with van der Waals surface area (Å²) in [4.78, 5) is 38.7. The molecule has 1 heterocycles. The summed E-state index contributed by atoms with van der Waals surface area (Å²) >= 11 is 0. The molecule has 0 unspecified atom stereocenters. The Kier molecular flexibility index (Phi) is 5.39. The van der Waals surface area contributed by atoms with Gasteiger partial charge in [0.2, 0.25) is 0 Å². The van der Waals surface area contributed by atoms with E-state index in [9.17, 15) is 14.4 Å². The number of nitrogens with zero attached hydrogens (tertiary/aromatic N) is 1. The summed E-state index contributed by atoms with van der Waals surface area (Å²) in [5, 5.41) is 8.95. The molecule has 1 aromatic carbocycles. The molecule has 1 N–H and O–H groups in total. The molecule has 0 fully saturated rings. The van der Waals surface area contributed by atoms with Crippen molar-refractivity contribution in [3.8, 4) is 0 Å². The van der Waals surface area contributed by atoms with Gasteiger partial charge < -0.3 is 9.84 Å². The fourth-order valence-electron chi connectivity index (χ4n) is 2.66. The van der Waals surface area contributed by atoms with Crippen molar-refractivity contribution in [1.82, 2.24) is 4.90 Å². The first-order valence-electron chi connectivity index (χ1n) is 8.07. The fourth-order valence-corrected chi connectivity index (χ4v) is 2.66. The van der Waals surface area contributed by atoms with E-state index >= 15 is 0 Å². The Balaban J connectivity index is 2.29. The first-order valence-corrected chi connectivity index (χ1v) is 8.07. The third-order valence-corrected chi connectivity index (χ3v) is 3.70. The topological polar surface area (TPSA) is 83.9 Å². The highest BCUT2D eigenvalue weighted by atomic mass is 16.6. The van der Waals surface area contributed by atoms with Gasteiger partial charge in [0.05, 0.1) is 11.1 Å². The number of esters is 1. The number of hydrogen-bond donors (Lipinski definition) is 1. The van der Waals surface area contributed by atoms with Crippen LogP contribution in [0.15, 0.2) is 24.3 Å². The molecule has 1 atom stereocenters. The number of benzene rings is 1. The number of aliphatic hydroxyl groups is 1. The van der Waals surface area contributed by atoms with Crippen molar-refractivity contribution in [3.63, 3.8) is 0 Å². The summed E-state index contributed by atoms with van der Waals surface area (Å²) in [6.07, 6.45) is 1.26. The van der Waals surface area contributed by atoms with Crippen LogP contribution < -0.4 is 0 Å². The summed E-state index contributed by atoms with van der Waals surface area (Å²) in [5.74, 6) is -1.55. The lowest BCUT2D eigenvalue weighted by Crippen LogP contribution is -2.47. The summed E-state index contributed by atoms with van der Waals surface area (Å²) < 4.78 is 5.39. The predicted molar refractivity (Wildman–Crippen MR) is 87.5 cm³/mol. The molecule has 6 nitrogen and oxygen atoms in total. The van der Waals surface area contributed by atoms with Crippen LogP contribution in [-0.4, -0.2) is 46.0 Å². The van der Waals surface area contributed by atoms with Crippen LogP contribution in [0.25, 0.3) is 0 Å². The molecule has 1 aliphatic heterocycles.